The molecule has 0 heterocycles. The van der Waals surface area contributed by atoms with Gasteiger partial charge in [0, 0.05) is 5.69 Å². The molecule has 0 radical (unpaired) electrons. The Balaban J connectivity index is 2.99. The van der Waals surface area contributed by atoms with Crippen molar-refractivity contribution in [3.63, 3.8) is 0 Å². The molecule has 0 spiro atoms. The van der Waals surface area contributed by atoms with Gasteiger partial charge in [0.25, 0.3) is 0 Å². The van der Waals surface area contributed by atoms with Crippen LogP contribution in [-0.4, -0.2) is 21.8 Å². The molecule has 1 rings (SSSR count). The number of carbonyl (C=O) groups is 2. The summed E-state index contributed by atoms with van der Waals surface area (Å²) >= 11 is 3.14. The zero-order valence-corrected chi connectivity index (χ0v) is 10.5. The van der Waals surface area contributed by atoms with Crippen LogP contribution in [0.2, 0.25) is 0 Å². The maximum atomic E-state index is 11.4. The normalized spacial score (nSPS) is 11.9. The van der Waals surface area contributed by atoms with Crippen LogP contribution < -0.4 is 5.32 Å². The van der Waals surface area contributed by atoms with Crippen LogP contribution in [0, 0.1) is 6.92 Å². The Morgan fingerprint density at radius 2 is 2.06 bits per heavy atom. The largest absolute Gasteiger partial charge is 0.478 e. The summed E-state index contributed by atoms with van der Waals surface area (Å²) in [6.07, 6.45) is 0. The van der Waals surface area contributed by atoms with Crippen molar-refractivity contribution in [2.24, 2.45) is 0 Å². The van der Waals surface area contributed by atoms with Gasteiger partial charge in [-0.05, 0) is 31.5 Å². The van der Waals surface area contributed by atoms with Crippen molar-refractivity contribution in [2.75, 3.05) is 5.32 Å². The van der Waals surface area contributed by atoms with E-state index in [4.69, 9.17) is 5.11 Å². The van der Waals surface area contributed by atoms with Gasteiger partial charge in [-0.2, -0.15) is 0 Å². The smallest absolute Gasteiger partial charge is 0.335 e. The fourth-order valence-electron chi connectivity index (χ4n) is 1.12. The predicted molar refractivity (Wildman–Crippen MR) is 65.2 cm³/mol. The summed E-state index contributed by atoms with van der Waals surface area (Å²) < 4.78 is 0. The molecular formula is C11H12BrNO3. The number of aromatic carboxylic acids is 1. The van der Waals surface area contributed by atoms with Gasteiger partial charge in [0.05, 0.1) is 10.4 Å². The highest BCUT2D eigenvalue weighted by Crippen LogP contribution is 2.17. The number of carbonyl (C=O) groups excluding carboxylic acids is 1. The van der Waals surface area contributed by atoms with Gasteiger partial charge in [-0.1, -0.05) is 22.0 Å². The van der Waals surface area contributed by atoms with E-state index in [1.165, 1.54) is 12.1 Å². The van der Waals surface area contributed by atoms with E-state index in [2.05, 4.69) is 21.2 Å². The maximum Gasteiger partial charge on any atom is 0.335 e. The van der Waals surface area contributed by atoms with Crippen LogP contribution in [0.1, 0.15) is 22.8 Å². The molecule has 0 aliphatic heterocycles. The van der Waals surface area contributed by atoms with Crippen LogP contribution in [0.25, 0.3) is 0 Å². The van der Waals surface area contributed by atoms with Crippen LogP contribution in [0.15, 0.2) is 18.2 Å². The number of alkyl halides is 1. The van der Waals surface area contributed by atoms with Crippen molar-refractivity contribution < 1.29 is 14.7 Å². The number of amides is 1. The Bertz CT molecular complexity index is 429. The number of carboxylic acids is 1. The molecule has 1 atom stereocenters. The van der Waals surface area contributed by atoms with Gasteiger partial charge in [0.15, 0.2) is 0 Å². The number of hydrogen-bond donors (Lipinski definition) is 2. The fourth-order valence-corrected chi connectivity index (χ4v) is 1.24. The predicted octanol–water partition coefficient (Wildman–Crippen LogP) is 2.42. The Morgan fingerprint density at radius 1 is 1.44 bits per heavy atom. The van der Waals surface area contributed by atoms with Gasteiger partial charge in [-0.25, -0.2) is 4.79 Å². The first kappa shape index (κ1) is 12.7. The Labute approximate surface area is 102 Å². The lowest BCUT2D eigenvalue weighted by molar-refractivity contribution is -0.115. The number of benzene rings is 1. The van der Waals surface area contributed by atoms with Gasteiger partial charge >= 0.3 is 5.97 Å². The first-order valence-corrected chi connectivity index (χ1v) is 5.62. The summed E-state index contributed by atoms with van der Waals surface area (Å²) in [5.74, 6) is -1.21. The topological polar surface area (TPSA) is 66.4 Å². The van der Waals surface area contributed by atoms with E-state index in [1.54, 1.807) is 19.9 Å². The van der Waals surface area contributed by atoms with Gasteiger partial charge in [0.1, 0.15) is 0 Å². The standard InChI is InChI=1S/C11H12BrNO3/c1-6-3-4-8(11(15)16)5-9(6)13-10(14)7(2)12/h3-5,7H,1-2H3,(H,13,14)(H,15,16). The van der Waals surface area contributed by atoms with Gasteiger partial charge in [-0.3, -0.25) is 4.79 Å². The van der Waals surface area contributed by atoms with Crippen LogP contribution in [-0.2, 0) is 4.79 Å². The maximum absolute atomic E-state index is 11.4. The third kappa shape index (κ3) is 3.06. The highest BCUT2D eigenvalue weighted by atomic mass is 79.9. The quantitative estimate of drug-likeness (QED) is 0.838. The third-order valence-corrected chi connectivity index (χ3v) is 2.52. The summed E-state index contributed by atoms with van der Waals surface area (Å²) in [6, 6.07) is 4.62. The van der Waals surface area contributed by atoms with E-state index in [0.717, 1.165) is 5.56 Å². The number of nitrogens with one attached hydrogen (secondary N) is 1. The number of anilines is 1. The van der Waals surface area contributed by atoms with Gasteiger partial charge < -0.3 is 10.4 Å². The molecule has 0 bridgehead atoms. The molecule has 1 unspecified atom stereocenters. The number of carboxylic acid groups (broad SMARTS) is 1. The molecule has 16 heavy (non-hydrogen) atoms. The molecule has 5 heteroatoms. The van der Waals surface area contributed by atoms with Crippen molar-refractivity contribution in [2.45, 2.75) is 18.7 Å². The van der Waals surface area contributed by atoms with Crippen LogP contribution in [0.4, 0.5) is 5.69 Å². The van der Waals surface area contributed by atoms with Crippen LogP contribution in [0.3, 0.4) is 0 Å². The van der Waals surface area contributed by atoms with E-state index in [-0.39, 0.29) is 16.3 Å². The Hall–Kier alpha value is -1.36. The Kier molecular flexibility index (Phi) is 4.06. The third-order valence-electron chi connectivity index (χ3n) is 2.10. The Morgan fingerprint density at radius 3 is 2.56 bits per heavy atom. The number of halogens is 1. The van der Waals surface area contributed by atoms with Crippen molar-refractivity contribution in [1.82, 2.24) is 0 Å². The van der Waals surface area contributed by atoms with Crippen LogP contribution >= 0.6 is 15.9 Å². The number of rotatable bonds is 3. The molecule has 4 nitrogen and oxygen atoms in total. The highest BCUT2D eigenvalue weighted by Gasteiger charge is 2.12. The second-order valence-electron chi connectivity index (χ2n) is 3.44. The monoisotopic (exact) mass is 285 g/mol. The van der Waals surface area contributed by atoms with E-state index in [0.29, 0.717) is 5.69 Å². The molecule has 86 valence electrons. The van der Waals surface area contributed by atoms with Crippen molar-refractivity contribution in [3.05, 3.63) is 29.3 Å². The molecule has 0 saturated carbocycles. The summed E-state index contributed by atoms with van der Waals surface area (Å²) in [5, 5.41) is 11.5. The zero-order chi connectivity index (χ0) is 12.3. The van der Waals surface area contributed by atoms with Crippen molar-refractivity contribution in [1.29, 1.82) is 0 Å². The SMILES string of the molecule is Cc1ccc(C(=O)O)cc1NC(=O)C(C)Br. The molecule has 0 saturated heterocycles. The highest BCUT2D eigenvalue weighted by molar-refractivity contribution is 9.10. The summed E-state index contributed by atoms with van der Waals surface area (Å²) in [7, 11) is 0. The fraction of sp³-hybridized carbons (Fsp3) is 0.273. The molecule has 0 aromatic heterocycles. The average Bonchev–Trinajstić information content (AvgIpc) is 2.20. The molecular weight excluding hydrogens is 274 g/mol. The van der Waals surface area contributed by atoms with E-state index >= 15 is 0 Å². The molecule has 1 amide bonds. The van der Waals surface area contributed by atoms with Gasteiger partial charge in [-0.15, -0.1) is 0 Å². The molecule has 2 N–H and O–H groups in total. The molecule has 0 aliphatic carbocycles. The van der Waals surface area contributed by atoms with Crippen molar-refractivity contribution >= 4 is 33.5 Å². The van der Waals surface area contributed by atoms with E-state index < -0.39 is 5.97 Å². The molecule has 0 fully saturated rings. The number of aryl methyl sites for hydroxylation is 1. The summed E-state index contributed by atoms with van der Waals surface area (Å²) in [4.78, 5) is 21.9. The average molecular weight is 286 g/mol. The minimum Gasteiger partial charge on any atom is -0.478 e. The van der Waals surface area contributed by atoms with Gasteiger partial charge in [0.2, 0.25) is 5.91 Å². The van der Waals surface area contributed by atoms with E-state index in [9.17, 15) is 9.59 Å². The molecule has 0 aliphatic rings. The summed E-state index contributed by atoms with van der Waals surface area (Å²) in [6.45, 7) is 3.51. The second kappa shape index (κ2) is 5.12. The zero-order valence-electron chi connectivity index (χ0n) is 8.95. The minimum absolute atomic E-state index is 0.156. The lowest BCUT2D eigenvalue weighted by Gasteiger charge is -2.10. The minimum atomic E-state index is -1.01. The lowest BCUT2D eigenvalue weighted by Crippen LogP contribution is -2.20. The van der Waals surface area contributed by atoms with Crippen LogP contribution in [0.5, 0.6) is 0 Å². The summed E-state index contributed by atoms with van der Waals surface area (Å²) in [5.41, 5.74) is 1.51. The molecule has 1 aromatic carbocycles. The molecule has 1 aromatic rings. The second-order valence-corrected chi connectivity index (χ2v) is 4.81. The lowest BCUT2D eigenvalue weighted by atomic mass is 10.1. The van der Waals surface area contributed by atoms with E-state index in [1.807, 2.05) is 0 Å². The van der Waals surface area contributed by atoms with Crippen molar-refractivity contribution in [3.8, 4) is 0 Å². The first-order valence-electron chi connectivity index (χ1n) is 4.70. The number of hydrogen-bond acceptors (Lipinski definition) is 2. The first-order chi connectivity index (χ1) is 7.41.